The number of methoxy groups -OCH3 is 1. The molecule has 2 fully saturated rings. The smallest absolute Gasteiger partial charge is 0.324 e. The van der Waals surface area contributed by atoms with Crippen molar-refractivity contribution >= 4 is 40.2 Å². The molecule has 2 aliphatic rings. The normalized spacial score (nSPS) is 23.3. The lowest BCUT2D eigenvalue weighted by molar-refractivity contribution is -0.133. The summed E-state index contributed by atoms with van der Waals surface area (Å²) in [5.74, 6) is -0.870. The number of ether oxygens (including phenoxy) is 1. The summed E-state index contributed by atoms with van der Waals surface area (Å²) < 4.78 is 6.26. The lowest BCUT2D eigenvalue weighted by Crippen LogP contribution is -2.50. The highest BCUT2D eigenvalue weighted by Gasteiger charge is 2.35. The largest absolute Gasteiger partial charge is 0.481 e. The minimum atomic E-state index is -0.863. The highest BCUT2D eigenvalue weighted by atomic mass is 32.2. The molecule has 1 aromatic heterocycles. The van der Waals surface area contributed by atoms with Gasteiger partial charge in [0.15, 0.2) is 5.13 Å². The Morgan fingerprint density at radius 3 is 2.56 bits per heavy atom. The van der Waals surface area contributed by atoms with Crippen LogP contribution in [0.1, 0.15) is 51.4 Å². The van der Waals surface area contributed by atoms with E-state index in [-0.39, 0.29) is 17.8 Å². The summed E-state index contributed by atoms with van der Waals surface area (Å²) in [5, 5.41) is 12.3. The Bertz CT molecular complexity index is 640. The van der Waals surface area contributed by atoms with Crippen LogP contribution in [0.25, 0.3) is 0 Å². The highest BCUT2D eigenvalue weighted by Crippen LogP contribution is 2.33. The SMILES string of the molecule is COC1CCC(N(C(=O)Nc2ncc(SCC(=O)O)s2)C2CCCC2)CC1. The number of carboxylic acids is 1. The molecule has 27 heavy (non-hydrogen) atoms. The molecule has 3 rings (SSSR count). The number of thiazole rings is 1. The van der Waals surface area contributed by atoms with Crippen LogP contribution in [-0.2, 0) is 9.53 Å². The van der Waals surface area contributed by atoms with Crippen molar-refractivity contribution in [2.24, 2.45) is 0 Å². The molecule has 150 valence electrons. The van der Waals surface area contributed by atoms with E-state index in [1.165, 1.54) is 35.9 Å². The third kappa shape index (κ3) is 5.58. The third-order valence-electron chi connectivity index (χ3n) is 5.36. The van der Waals surface area contributed by atoms with Crippen molar-refractivity contribution in [2.75, 3.05) is 18.2 Å². The predicted octanol–water partition coefficient (Wildman–Crippen LogP) is 4.05. The van der Waals surface area contributed by atoms with Crippen molar-refractivity contribution in [3.05, 3.63) is 6.20 Å². The topological polar surface area (TPSA) is 91.8 Å². The van der Waals surface area contributed by atoms with Crippen molar-refractivity contribution < 1.29 is 19.4 Å². The van der Waals surface area contributed by atoms with Crippen LogP contribution in [0.15, 0.2) is 10.4 Å². The fraction of sp³-hybridized carbons (Fsp3) is 0.722. The van der Waals surface area contributed by atoms with Gasteiger partial charge in [-0.05, 0) is 38.5 Å². The zero-order valence-electron chi connectivity index (χ0n) is 15.6. The van der Waals surface area contributed by atoms with Crippen molar-refractivity contribution in [1.29, 1.82) is 0 Å². The van der Waals surface area contributed by atoms with Gasteiger partial charge in [0.25, 0.3) is 0 Å². The van der Waals surface area contributed by atoms with Crippen molar-refractivity contribution in [2.45, 2.75) is 73.8 Å². The molecule has 0 unspecified atom stereocenters. The molecular formula is C18H27N3O4S2. The summed E-state index contributed by atoms with van der Waals surface area (Å²) in [7, 11) is 1.76. The summed E-state index contributed by atoms with van der Waals surface area (Å²) in [5.41, 5.74) is 0. The number of hydrogen-bond acceptors (Lipinski definition) is 6. The summed E-state index contributed by atoms with van der Waals surface area (Å²) in [6, 6.07) is 0.474. The average molecular weight is 414 g/mol. The highest BCUT2D eigenvalue weighted by molar-refractivity contribution is 8.01. The predicted molar refractivity (Wildman–Crippen MR) is 107 cm³/mol. The van der Waals surface area contributed by atoms with Gasteiger partial charge >= 0.3 is 12.0 Å². The fourth-order valence-electron chi connectivity index (χ4n) is 4.04. The quantitative estimate of drug-likeness (QED) is 0.655. The van der Waals surface area contributed by atoms with Gasteiger partial charge in [0.1, 0.15) is 0 Å². The van der Waals surface area contributed by atoms with Crippen LogP contribution in [0.5, 0.6) is 0 Å². The van der Waals surface area contributed by atoms with E-state index >= 15 is 0 Å². The van der Waals surface area contributed by atoms with Gasteiger partial charge in [0.2, 0.25) is 0 Å². The van der Waals surface area contributed by atoms with Crippen molar-refractivity contribution in [1.82, 2.24) is 9.88 Å². The van der Waals surface area contributed by atoms with Gasteiger partial charge in [0.05, 0.1) is 22.3 Å². The second-order valence-electron chi connectivity index (χ2n) is 7.11. The molecule has 0 radical (unpaired) electrons. The molecule has 0 spiro atoms. The molecule has 9 heteroatoms. The zero-order chi connectivity index (χ0) is 19.2. The van der Waals surface area contributed by atoms with E-state index in [0.717, 1.165) is 42.7 Å². The Morgan fingerprint density at radius 2 is 1.93 bits per heavy atom. The van der Waals surface area contributed by atoms with E-state index in [4.69, 9.17) is 9.84 Å². The molecule has 2 saturated carbocycles. The first-order chi connectivity index (χ1) is 13.1. The first kappa shape index (κ1) is 20.4. The maximum atomic E-state index is 13.1. The molecule has 0 bridgehead atoms. The molecule has 1 aromatic rings. The van der Waals surface area contributed by atoms with Crippen molar-refractivity contribution in [3.8, 4) is 0 Å². The van der Waals surface area contributed by atoms with Gasteiger partial charge in [-0.2, -0.15) is 0 Å². The second-order valence-corrected chi connectivity index (χ2v) is 9.42. The van der Waals surface area contributed by atoms with Gasteiger partial charge in [-0.25, -0.2) is 9.78 Å². The van der Waals surface area contributed by atoms with E-state index < -0.39 is 5.97 Å². The first-order valence-electron chi connectivity index (χ1n) is 9.49. The fourth-order valence-corrected chi connectivity index (χ4v) is 5.63. The summed E-state index contributed by atoms with van der Waals surface area (Å²) in [6.45, 7) is 0. The maximum absolute atomic E-state index is 13.1. The van der Waals surface area contributed by atoms with Crippen LogP contribution < -0.4 is 5.32 Å². The number of urea groups is 1. The summed E-state index contributed by atoms with van der Waals surface area (Å²) in [6.07, 6.45) is 10.3. The van der Waals surface area contributed by atoms with E-state index in [9.17, 15) is 9.59 Å². The molecule has 0 saturated heterocycles. The number of thioether (sulfide) groups is 1. The Morgan fingerprint density at radius 1 is 1.26 bits per heavy atom. The van der Waals surface area contributed by atoms with Crippen LogP contribution in [0.4, 0.5) is 9.93 Å². The van der Waals surface area contributed by atoms with E-state index in [2.05, 4.69) is 15.2 Å². The lowest BCUT2D eigenvalue weighted by atomic mass is 9.91. The molecule has 0 aromatic carbocycles. The number of carbonyl (C=O) groups excluding carboxylic acids is 1. The maximum Gasteiger partial charge on any atom is 0.324 e. The molecule has 2 N–H and O–H groups in total. The number of nitrogens with zero attached hydrogens (tertiary/aromatic N) is 2. The zero-order valence-corrected chi connectivity index (χ0v) is 17.2. The van der Waals surface area contributed by atoms with Crippen LogP contribution in [0.2, 0.25) is 0 Å². The van der Waals surface area contributed by atoms with Crippen LogP contribution in [0.3, 0.4) is 0 Å². The molecular weight excluding hydrogens is 386 g/mol. The molecule has 1 heterocycles. The van der Waals surface area contributed by atoms with Crippen LogP contribution in [-0.4, -0.2) is 58.0 Å². The number of aromatic nitrogens is 1. The number of hydrogen-bond donors (Lipinski definition) is 2. The number of nitrogens with one attached hydrogen (secondary N) is 1. The van der Waals surface area contributed by atoms with Gasteiger partial charge in [-0.3, -0.25) is 10.1 Å². The van der Waals surface area contributed by atoms with Gasteiger partial charge < -0.3 is 14.7 Å². The second kappa shape index (κ2) is 9.75. The number of amides is 2. The minimum Gasteiger partial charge on any atom is -0.481 e. The number of aliphatic carboxylic acids is 1. The van der Waals surface area contributed by atoms with Gasteiger partial charge in [0, 0.05) is 19.2 Å². The van der Waals surface area contributed by atoms with Gasteiger partial charge in [-0.1, -0.05) is 24.2 Å². The molecule has 0 aliphatic heterocycles. The van der Waals surface area contributed by atoms with Crippen molar-refractivity contribution in [3.63, 3.8) is 0 Å². The van der Waals surface area contributed by atoms with E-state index in [1.54, 1.807) is 13.3 Å². The number of carboxylic acid groups (broad SMARTS) is 1. The molecule has 0 atom stereocenters. The standard InChI is InChI=1S/C18H27N3O4S2/c1-25-14-8-6-13(7-9-14)21(12-4-2-3-5-12)18(24)20-17-19-10-16(27-17)26-11-15(22)23/h10,12-14H,2-9,11H2,1H3,(H,22,23)(H,19,20,24). The molecule has 2 aliphatic carbocycles. The first-order valence-corrected chi connectivity index (χ1v) is 11.3. The van der Waals surface area contributed by atoms with Gasteiger partial charge in [-0.15, -0.1) is 11.8 Å². The van der Waals surface area contributed by atoms with Crippen LogP contribution in [0, 0.1) is 0 Å². The Kier molecular flexibility index (Phi) is 7.37. The van der Waals surface area contributed by atoms with E-state index in [0.29, 0.717) is 17.3 Å². The summed E-state index contributed by atoms with van der Waals surface area (Å²) in [4.78, 5) is 30.1. The van der Waals surface area contributed by atoms with E-state index in [1.807, 2.05) is 0 Å². The number of carbonyl (C=O) groups is 2. The monoisotopic (exact) mass is 413 g/mol. The Balaban J connectivity index is 1.63. The lowest BCUT2D eigenvalue weighted by Gasteiger charge is -2.40. The average Bonchev–Trinajstić information content (AvgIpc) is 3.33. The Hall–Kier alpha value is -1.32. The number of rotatable bonds is 7. The molecule has 7 nitrogen and oxygen atoms in total. The molecule has 2 amide bonds. The van der Waals surface area contributed by atoms with Crippen LogP contribution >= 0.6 is 23.1 Å². The minimum absolute atomic E-state index is 0.00742. The summed E-state index contributed by atoms with van der Waals surface area (Å²) >= 11 is 2.54. The number of anilines is 1. The third-order valence-corrected chi connectivity index (χ3v) is 7.45. The Labute approximate surface area is 167 Å².